The van der Waals surface area contributed by atoms with Crippen LogP contribution in [0.1, 0.15) is 51.5 Å². The highest BCUT2D eigenvalue weighted by molar-refractivity contribution is 6.28. The summed E-state index contributed by atoms with van der Waals surface area (Å²) < 4.78 is 26.1. The maximum absolute atomic E-state index is 15.4. The van der Waals surface area contributed by atoms with Gasteiger partial charge in [0.1, 0.15) is 6.61 Å². The molecule has 2 aromatic rings. The molecule has 230 valence electrons. The van der Waals surface area contributed by atoms with Crippen LogP contribution in [0.15, 0.2) is 30.3 Å². The SMILES string of the molecule is CC(C)(CNc1nc(Cl)nc(NNC(=O)[C@@H](CNC(=O)OCc2ccccc2)CC2CCCC2)c1F)N1CCOCC1. The van der Waals surface area contributed by atoms with Crippen LogP contribution in [0.3, 0.4) is 0 Å². The zero-order valence-electron chi connectivity index (χ0n) is 24.3. The number of morpholine rings is 1. The highest BCUT2D eigenvalue weighted by atomic mass is 35.5. The monoisotopic (exact) mass is 605 g/mol. The van der Waals surface area contributed by atoms with Crippen molar-refractivity contribution in [3.8, 4) is 0 Å². The minimum atomic E-state index is -0.771. The van der Waals surface area contributed by atoms with Gasteiger partial charge >= 0.3 is 6.09 Å². The number of carbonyl (C=O) groups is 2. The summed E-state index contributed by atoms with van der Waals surface area (Å²) in [5.41, 5.74) is 5.70. The maximum Gasteiger partial charge on any atom is 0.407 e. The Bertz CT molecular complexity index is 1180. The molecule has 13 heteroatoms. The summed E-state index contributed by atoms with van der Waals surface area (Å²) in [6.07, 6.45) is 4.27. The van der Waals surface area contributed by atoms with Crippen molar-refractivity contribution in [3.63, 3.8) is 0 Å². The van der Waals surface area contributed by atoms with E-state index in [0.29, 0.717) is 32.1 Å². The molecule has 4 rings (SSSR count). The van der Waals surface area contributed by atoms with Gasteiger partial charge in [-0.25, -0.2) is 4.79 Å². The third-order valence-corrected chi connectivity index (χ3v) is 8.02. The van der Waals surface area contributed by atoms with Crippen molar-refractivity contribution < 1.29 is 23.5 Å². The van der Waals surface area contributed by atoms with Gasteiger partial charge in [-0.3, -0.25) is 20.5 Å². The van der Waals surface area contributed by atoms with E-state index in [9.17, 15) is 9.59 Å². The lowest BCUT2D eigenvalue weighted by Gasteiger charge is -2.41. The predicted octanol–water partition coefficient (Wildman–Crippen LogP) is 4.36. The Balaban J connectivity index is 1.33. The molecule has 0 bridgehead atoms. The van der Waals surface area contributed by atoms with Crippen LogP contribution >= 0.6 is 11.6 Å². The van der Waals surface area contributed by atoms with Crippen LogP contribution in [0.2, 0.25) is 5.28 Å². The molecule has 4 N–H and O–H groups in total. The molecular weight excluding hydrogens is 565 g/mol. The maximum atomic E-state index is 15.4. The molecule has 2 amide bonds. The zero-order valence-corrected chi connectivity index (χ0v) is 25.0. The molecule has 2 aliphatic rings. The lowest BCUT2D eigenvalue weighted by molar-refractivity contribution is -0.124. The molecular formula is C29H41ClFN7O4. The Morgan fingerprint density at radius 1 is 1.14 bits per heavy atom. The van der Waals surface area contributed by atoms with Crippen LogP contribution in [-0.4, -0.2) is 71.8 Å². The fourth-order valence-electron chi connectivity index (χ4n) is 5.34. The first kappa shape index (κ1) is 31.7. The van der Waals surface area contributed by atoms with Crippen LogP contribution in [0, 0.1) is 17.7 Å². The Kier molecular flexibility index (Phi) is 11.6. The van der Waals surface area contributed by atoms with Crippen molar-refractivity contribution in [2.75, 3.05) is 50.1 Å². The van der Waals surface area contributed by atoms with Crippen molar-refractivity contribution in [3.05, 3.63) is 47.0 Å². The average Bonchev–Trinajstić information content (AvgIpc) is 3.52. The molecule has 42 heavy (non-hydrogen) atoms. The van der Waals surface area contributed by atoms with E-state index in [0.717, 1.165) is 44.3 Å². The smallest absolute Gasteiger partial charge is 0.407 e. The van der Waals surface area contributed by atoms with Crippen molar-refractivity contribution in [2.24, 2.45) is 11.8 Å². The molecule has 0 unspecified atom stereocenters. The number of hydrogen-bond acceptors (Lipinski definition) is 9. The lowest BCUT2D eigenvalue weighted by Crippen LogP contribution is -2.53. The number of nitrogens with one attached hydrogen (secondary N) is 4. The lowest BCUT2D eigenvalue weighted by atomic mass is 9.92. The van der Waals surface area contributed by atoms with Crippen LogP contribution in [-0.2, 0) is 20.9 Å². The van der Waals surface area contributed by atoms with Gasteiger partial charge in [-0.2, -0.15) is 14.4 Å². The van der Waals surface area contributed by atoms with E-state index < -0.39 is 23.7 Å². The first-order valence-corrected chi connectivity index (χ1v) is 14.9. The van der Waals surface area contributed by atoms with Gasteiger partial charge in [0.05, 0.1) is 19.1 Å². The minimum Gasteiger partial charge on any atom is -0.445 e. The molecule has 1 aliphatic carbocycles. The van der Waals surface area contributed by atoms with E-state index in [1.165, 1.54) is 0 Å². The topological polar surface area (TPSA) is 130 Å². The average molecular weight is 606 g/mol. The summed E-state index contributed by atoms with van der Waals surface area (Å²) in [5, 5.41) is 5.57. The number of halogens is 2. The molecule has 1 aromatic heterocycles. The van der Waals surface area contributed by atoms with Gasteiger partial charge in [-0.05, 0) is 43.4 Å². The second kappa shape index (κ2) is 15.3. The highest BCUT2D eigenvalue weighted by Gasteiger charge is 2.30. The summed E-state index contributed by atoms with van der Waals surface area (Å²) in [4.78, 5) is 35.7. The van der Waals surface area contributed by atoms with Crippen molar-refractivity contribution in [1.82, 2.24) is 25.6 Å². The van der Waals surface area contributed by atoms with Gasteiger partial charge in [-0.15, -0.1) is 0 Å². The van der Waals surface area contributed by atoms with Crippen molar-refractivity contribution >= 4 is 35.2 Å². The molecule has 11 nitrogen and oxygen atoms in total. The normalized spacial score (nSPS) is 17.0. The van der Waals surface area contributed by atoms with Crippen LogP contribution in [0.5, 0.6) is 0 Å². The van der Waals surface area contributed by atoms with Crippen molar-refractivity contribution in [1.29, 1.82) is 0 Å². The van der Waals surface area contributed by atoms with E-state index >= 15 is 4.39 Å². The number of benzene rings is 1. The number of nitrogens with zero attached hydrogens (tertiary/aromatic N) is 3. The number of anilines is 2. The molecule has 2 heterocycles. The standard InChI is InChI=1S/C29H41ClFN7O4/c1-29(2,38-12-14-41-15-13-38)19-33-24-23(31)25(35-27(30)34-24)36-37-26(39)22(16-20-8-6-7-9-20)17-32-28(40)42-18-21-10-4-3-5-11-21/h3-5,10-11,20,22H,6-9,12-19H2,1-2H3,(H,32,40)(H,37,39)(H2,33,34,35,36)/t22-/m1/s1. The Morgan fingerprint density at radius 2 is 1.83 bits per heavy atom. The molecule has 2 fully saturated rings. The van der Waals surface area contributed by atoms with E-state index in [1.54, 1.807) is 0 Å². The largest absolute Gasteiger partial charge is 0.445 e. The summed E-state index contributed by atoms with van der Waals surface area (Å²) in [7, 11) is 0. The highest BCUT2D eigenvalue weighted by Crippen LogP contribution is 2.30. The van der Waals surface area contributed by atoms with Gasteiger partial charge in [0, 0.05) is 31.7 Å². The number of amides is 2. The number of carbonyl (C=O) groups excluding carboxylic acids is 2. The number of aromatic nitrogens is 2. The van der Waals surface area contributed by atoms with Crippen molar-refractivity contribution in [2.45, 2.75) is 58.1 Å². The summed E-state index contributed by atoms with van der Waals surface area (Å²) in [5.74, 6) is -1.69. The number of rotatable bonds is 13. The predicted molar refractivity (Wildman–Crippen MR) is 158 cm³/mol. The summed E-state index contributed by atoms with van der Waals surface area (Å²) in [6, 6.07) is 9.34. The molecule has 1 saturated carbocycles. The molecule has 1 aromatic carbocycles. The third kappa shape index (κ3) is 9.40. The molecule has 1 saturated heterocycles. The van der Waals surface area contributed by atoms with Gasteiger partial charge in [0.2, 0.25) is 17.0 Å². The molecule has 0 radical (unpaired) electrons. The van der Waals surface area contributed by atoms with E-state index in [2.05, 4.69) is 50.2 Å². The van der Waals surface area contributed by atoms with E-state index in [4.69, 9.17) is 21.1 Å². The second-order valence-electron chi connectivity index (χ2n) is 11.4. The summed E-state index contributed by atoms with van der Waals surface area (Å²) >= 11 is 6.10. The molecule has 1 aliphatic heterocycles. The minimum absolute atomic E-state index is 0.0709. The fourth-order valence-corrected chi connectivity index (χ4v) is 5.50. The Hall–Kier alpha value is -3.22. The first-order valence-electron chi connectivity index (χ1n) is 14.5. The number of hydrazine groups is 1. The quantitative estimate of drug-likeness (QED) is 0.194. The second-order valence-corrected chi connectivity index (χ2v) is 11.7. The van der Waals surface area contributed by atoms with Gasteiger partial charge < -0.3 is 20.1 Å². The number of alkyl carbamates (subject to hydrolysis) is 1. The molecule has 1 atom stereocenters. The van der Waals surface area contributed by atoms with Crippen LogP contribution < -0.4 is 21.5 Å². The summed E-state index contributed by atoms with van der Waals surface area (Å²) in [6.45, 7) is 7.58. The van der Waals surface area contributed by atoms with Gasteiger partial charge in [0.25, 0.3) is 0 Å². The van der Waals surface area contributed by atoms with E-state index in [-0.39, 0.29) is 35.6 Å². The Labute approximate surface area is 251 Å². The fraction of sp³-hybridized carbons (Fsp3) is 0.586. The van der Waals surface area contributed by atoms with Gasteiger partial charge in [-0.1, -0.05) is 56.0 Å². The van der Waals surface area contributed by atoms with E-state index in [1.807, 2.05) is 30.3 Å². The Morgan fingerprint density at radius 3 is 2.55 bits per heavy atom. The number of ether oxygens (including phenoxy) is 2. The first-order chi connectivity index (χ1) is 20.2. The molecule has 0 spiro atoms. The van der Waals surface area contributed by atoms with Crippen LogP contribution in [0.4, 0.5) is 20.8 Å². The number of hydrogen-bond donors (Lipinski definition) is 4. The van der Waals surface area contributed by atoms with Crippen LogP contribution in [0.25, 0.3) is 0 Å². The van der Waals surface area contributed by atoms with Gasteiger partial charge in [0.15, 0.2) is 11.6 Å². The third-order valence-electron chi connectivity index (χ3n) is 7.85. The zero-order chi connectivity index (χ0) is 30.0.